The normalized spacial score (nSPS) is 14.9. The third-order valence-corrected chi connectivity index (χ3v) is 5.52. The van der Waals surface area contributed by atoms with Crippen molar-refractivity contribution in [1.82, 2.24) is 30.0 Å². The zero-order valence-electron chi connectivity index (χ0n) is 17.8. The molecule has 1 amide bonds. The van der Waals surface area contributed by atoms with Gasteiger partial charge in [0.05, 0.1) is 17.4 Å². The Morgan fingerprint density at radius 2 is 1.91 bits per heavy atom. The largest absolute Gasteiger partial charge is 0.433 e. The van der Waals surface area contributed by atoms with Crippen LogP contribution in [0.3, 0.4) is 0 Å². The number of alkyl halides is 3. The second kappa shape index (κ2) is 8.82. The average molecular weight is 468 g/mol. The van der Waals surface area contributed by atoms with Gasteiger partial charge in [0, 0.05) is 42.6 Å². The van der Waals surface area contributed by atoms with E-state index in [1.807, 2.05) is 0 Å². The molecule has 5 heterocycles. The van der Waals surface area contributed by atoms with Gasteiger partial charge in [-0.25, -0.2) is 19.6 Å². The maximum atomic E-state index is 13.0. The van der Waals surface area contributed by atoms with Crippen LogP contribution in [0.5, 0.6) is 0 Å². The van der Waals surface area contributed by atoms with Crippen LogP contribution in [0.4, 0.5) is 13.2 Å². The van der Waals surface area contributed by atoms with E-state index in [0.29, 0.717) is 35.7 Å². The molecule has 4 aromatic heterocycles. The van der Waals surface area contributed by atoms with Crippen molar-refractivity contribution >= 4 is 16.8 Å². The van der Waals surface area contributed by atoms with Crippen molar-refractivity contribution in [2.45, 2.75) is 25.1 Å². The standard InChI is InChI=1S/C23H19F3N6O2/c24-23(25,26)20-5-4-16-18(31-20)6-9-27-21(16)32-13-14(12-28-32)17-2-1-3-19(30-17)22(33)29-15-7-10-34-11-8-15/h1-6,9,12-13,15H,7-8,10-11H2,(H,29,33). The van der Waals surface area contributed by atoms with E-state index >= 15 is 0 Å². The molecule has 1 saturated heterocycles. The zero-order chi connectivity index (χ0) is 23.7. The molecule has 0 bridgehead atoms. The van der Waals surface area contributed by atoms with E-state index in [0.717, 1.165) is 18.9 Å². The van der Waals surface area contributed by atoms with E-state index in [4.69, 9.17) is 4.74 Å². The number of rotatable bonds is 4. The summed E-state index contributed by atoms with van der Waals surface area (Å²) in [6.07, 6.45) is 1.57. The zero-order valence-corrected chi connectivity index (χ0v) is 17.8. The number of fused-ring (bicyclic) bond motifs is 1. The smallest absolute Gasteiger partial charge is 0.381 e. The number of hydrogen-bond acceptors (Lipinski definition) is 6. The molecule has 1 aliphatic heterocycles. The maximum Gasteiger partial charge on any atom is 0.433 e. The fourth-order valence-electron chi connectivity index (χ4n) is 3.77. The minimum absolute atomic E-state index is 0.0540. The Balaban J connectivity index is 1.42. The van der Waals surface area contributed by atoms with Crippen LogP contribution in [0, 0.1) is 0 Å². The van der Waals surface area contributed by atoms with E-state index in [1.54, 1.807) is 30.6 Å². The fraction of sp³-hybridized carbons (Fsp3) is 0.261. The maximum absolute atomic E-state index is 13.0. The molecule has 0 aliphatic carbocycles. The van der Waals surface area contributed by atoms with Crippen LogP contribution in [0.25, 0.3) is 28.0 Å². The first-order valence-electron chi connectivity index (χ1n) is 10.6. The van der Waals surface area contributed by atoms with Crippen molar-refractivity contribution in [3.8, 4) is 17.1 Å². The Morgan fingerprint density at radius 3 is 2.71 bits per heavy atom. The monoisotopic (exact) mass is 468 g/mol. The summed E-state index contributed by atoms with van der Waals surface area (Å²) in [5.74, 6) is 0.0711. The summed E-state index contributed by atoms with van der Waals surface area (Å²) < 4.78 is 45.8. The van der Waals surface area contributed by atoms with Crippen LogP contribution in [0.1, 0.15) is 29.0 Å². The molecular formula is C23H19F3N6O2. The van der Waals surface area contributed by atoms with Crippen molar-refractivity contribution in [2.75, 3.05) is 13.2 Å². The van der Waals surface area contributed by atoms with Gasteiger partial charge in [-0.1, -0.05) is 6.07 Å². The Labute approximate surface area is 191 Å². The Kier molecular flexibility index (Phi) is 5.70. The molecule has 174 valence electrons. The first kappa shape index (κ1) is 22.0. The third-order valence-electron chi connectivity index (χ3n) is 5.52. The SMILES string of the molecule is O=C(NC1CCOCC1)c1cccc(-c2cnn(-c3nccc4nc(C(F)(F)F)ccc34)c2)n1. The first-order valence-corrected chi connectivity index (χ1v) is 10.6. The summed E-state index contributed by atoms with van der Waals surface area (Å²) in [6, 6.07) is 8.84. The Bertz CT molecular complexity index is 1350. The van der Waals surface area contributed by atoms with Gasteiger partial charge >= 0.3 is 6.18 Å². The van der Waals surface area contributed by atoms with E-state index in [1.165, 1.54) is 23.0 Å². The number of amides is 1. The number of carbonyl (C=O) groups is 1. The molecule has 0 aromatic carbocycles. The molecular weight excluding hydrogens is 449 g/mol. The molecule has 1 N–H and O–H groups in total. The number of hydrogen-bond donors (Lipinski definition) is 1. The van der Waals surface area contributed by atoms with Gasteiger partial charge in [-0.15, -0.1) is 0 Å². The van der Waals surface area contributed by atoms with Crippen molar-refractivity contribution in [3.63, 3.8) is 0 Å². The van der Waals surface area contributed by atoms with Crippen LogP contribution in [0.15, 0.2) is 55.0 Å². The lowest BCUT2D eigenvalue weighted by Crippen LogP contribution is -2.39. The van der Waals surface area contributed by atoms with Gasteiger partial charge in [0.25, 0.3) is 5.91 Å². The van der Waals surface area contributed by atoms with Crippen LogP contribution in [0.2, 0.25) is 0 Å². The summed E-state index contributed by atoms with van der Waals surface area (Å²) >= 11 is 0. The van der Waals surface area contributed by atoms with Crippen LogP contribution in [-0.2, 0) is 10.9 Å². The van der Waals surface area contributed by atoms with Gasteiger partial charge in [0.1, 0.15) is 11.4 Å². The van der Waals surface area contributed by atoms with Gasteiger partial charge < -0.3 is 10.1 Å². The highest BCUT2D eigenvalue weighted by Crippen LogP contribution is 2.30. The number of aromatic nitrogens is 5. The van der Waals surface area contributed by atoms with Crippen LogP contribution in [-0.4, -0.2) is 49.9 Å². The molecule has 4 aromatic rings. The summed E-state index contributed by atoms with van der Waals surface area (Å²) in [6.45, 7) is 1.24. The Morgan fingerprint density at radius 1 is 1.09 bits per heavy atom. The van der Waals surface area contributed by atoms with E-state index in [-0.39, 0.29) is 23.2 Å². The number of ether oxygens (including phenoxy) is 1. The average Bonchev–Trinajstić information content (AvgIpc) is 3.34. The highest BCUT2D eigenvalue weighted by atomic mass is 19.4. The lowest BCUT2D eigenvalue weighted by molar-refractivity contribution is -0.140. The summed E-state index contributed by atoms with van der Waals surface area (Å²) in [4.78, 5) is 25.1. The van der Waals surface area contributed by atoms with Gasteiger partial charge in [0.2, 0.25) is 0 Å². The van der Waals surface area contributed by atoms with Gasteiger partial charge in [-0.3, -0.25) is 4.79 Å². The number of carbonyl (C=O) groups excluding carboxylic acids is 1. The number of nitrogens with zero attached hydrogens (tertiary/aromatic N) is 5. The summed E-state index contributed by atoms with van der Waals surface area (Å²) in [7, 11) is 0. The quantitative estimate of drug-likeness (QED) is 0.490. The molecule has 1 fully saturated rings. The second-order valence-corrected chi connectivity index (χ2v) is 7.84. The third kappa shape index (κ3) is 4.46. The minimum Gasteiger partial charge on any atom is -0.381 e. The topological polar surface area (TPSA) is 94.8 Å². The predicted octanol–water partition coefficient (Wildman–Crippen LogP) is 3.81. The highest BCUT2D eigenvalue weighted by Gasteiger charge is 2.32. The molecule has 0 atom stereocenters. The lowest BCUT2D eigenvalue weighted by atomic mass is 10.1. The van der Waals surface area contributed by atoms with Gasteiger partial charge in [-0.05, 0) is 43.2 Å². The molecule has 11 heteroatoms. The molecule has 5 rings (SSSR count). The van der Waals surface area contributed by atoms with Crippen molar-refractivity contribution in [2.24, 2.45) is 0 Å². The highest BCUT2D eigenvalue weighted by molar-refractivity contribution is 5.93. The molecule has 8 nitrogen and oxygen atoms in total. The van der Waals surface area contributed by atoms with E-state index < -0.39 is 11.9 Å². The van der Waals surface area contributed by atoms with Crippen molar-refractivity contribution in [3.05, 3.63) is 66.4 Å². The second-order valence-electron chi connectivity index (χ2n) is 7.84. The number of nitrogens with one attached hydrogen (secondary N) is 1. The molecule has 0 radical (unpaired) electrons. The van der Waals surface area contributed by atoms with Crippen molar-refractivity contribution < 1.29 is 22.7 Å². The minimum atomic E-state index is -4.54. The molecule has 0 unspecified atom stereocenters. The fourth-order valence-corrected chi connectivity index (χ4v) is 3.77. The number of pyridine rings is 3. The van der Waals surface area contributed by atoms with Gasteiger partial charge in [-0.2, -0.15) is 18.3 Å². The van der Waals surface area contributed by atoms with Crippen molar-refractivity contribution in [1.29, 1.82) is 0 Å². The summed E-state index contributed by atoms with van der Waals surface area (Å²) in [5.41, 5.74) is 0.618. The Hall–Kier alpha value is -3.86. The molecule has 0 saturated carbocycles. The van der Waals surface area contributed by atoms with Crippen LogP contribution >= 0.6 is 0 Å². The predicted molar refractivity (Wildman–Crippen MR) is 116 cm³/mol. The molecule has 1 aliphatic rings. The lowest BCUT2D eigenvalue weighted by Gasteiger charge is -2.22. The molecule has 34 heavy (non-hydrogen) atoms. The number of halogens is 3. The first-order chi connectivity index (χ1) is 16.4. The summed E-state index contributed by atoms with van der Waals surface area (Å²) in [5, 5.41) is 7.70. The van der Waals surface area contributed by atoms with Gasteiger partial charge in [0.15, 0.2) is 5.82 Å². The van der Waals surface area contributed by atoms with Crippen LogP contribution < -0.4 is 5.32 Å². The molecule has 0 spiro atoms. The van der Waals surface area contributed by atoms with E-state index in [9.17, 15) is 18.0 Å². The van der Waals surface area contributed by atoms with E-state index in [2.05, 4.69) is 25.4 Å².